The third kappa shape index (κ3) is 2.75. The van der Waals surface area contributed by atoms with E-state index in [-0.39, 0.29) is 0 Å². The average Bonchev–Trinajstić information content (AvgIpc) is 3.12. The van der Waals surface area contributed by atoms with Crippen molar-refractivity contribution >= 4 is 5.96 Å². The molecule has 19 heavy (non-hydrogen) atoms. The van der Waals surface area contributed by atoms with Crippen LogP contribution >= 0.6 is 0 Å². The molecule has 1 N–H and O–H groups in total. The zero-order chi connectivity index (χ0) is 13.2. The van der Waals surface area contributed by atoms with Gasteiger partial charge in [0.25, 0.3) is 0 Å². The van der Waals surface area contributed by atoms with E-state index >= 15 is 0 Å². The predicted molar refractivity (Wildman–Crippen MR) is 79.6 cm³/mol. The molecule has 0 amide bonds. The highest BCUT2D eigenvalue weighted by Crippen LogP contribution is 2.29. The highest BCUT2D eigenvalue weighted by Gasteiger charge is 2.30. The molecule has 0 aromatic heterocycles. The first-order chi connectivity index (χ1) is 9.28. The number of guanidine groups is 1. The fraction of sp³-hybridized carbons (Fsp3) is 0.562. The molecule has 1 aliphatic carbocycles. The normalized spacial score (nSPS) is 23.8. The van der Waals surface area contributed by atoms with Crippen molar-refractivity contribution in [2.24, 2.45) is 4.99 Å². The maximum absolute atomic E-state index is 4.43. The van der Waals surface area contributed by atoms with E-state index in [9.17, 15) is 0 Å². The van der Waals surface area contributed by atoms with E-state index in [1.54, 1.807) is 0 Å². The predicted octanol–water partition coefficient (Wildman–Crippen LogP) is 2.52. The molecular weight excluding hydrogens is 234 g/mol. The van der Waals surface area contributed by atoms with Gasteiger partial charge in [0.15, 0.2) is 5.96 Å². The van der Waals surface area contributed by atoms with Gasteiger partial charge in [0.05, 0.1) is 0 Å². The molecule has 2 fully saturated rings. The van der Waals surface area contributed by atoms with Crippen LogP contribution in [0.1, 0.15) is 36.3 Å². The van der Waals surface area contributed by atoms with Gasteiger partial charge in [-0.05, 0) is 37.3 Å². The highest BCUT2D eigenvalue weighted by molar-refractivity contribution is 5.80. The summed E-state index contributed by atoms with van der Waals surface area (Å²) in [6.45, 7) is 4.43. The van der Waals surface area contributed by atoms with Crippen LogP contribution in [0.15, 0.2) is 29.3 Å². The summed E-state index contributed by atoms with van der Waals surface area (Å²) in [4.78, 5) is 6.84. The van der Waals surface area contributed by atoms with Crippen LogP contribution in [0.2, 0.25) is 0 Å². The van der Waals surface area contributed by atoms with Gasteiger partial charge in [0, 0.05) is 32.1 Å². The number of nitrogens with zero attached hydrogens (tertiary/aromatic N) is 2. The lowest BCUT2D eigenvalue weighted by Gasteiger charge is -2.22. The Labute approximate surface area is 115 Å². The van der Waals surface area contributed by atoms with Crippen LogP contribution in [-0.4, -0.2) is 37.0 Å². The Kier molecular flexibility index (Phi) is 3.45. The van der Waals surface area contributed by atoms with E-state index in [0.717, 1.165) is 19.0 Å². The van der Waals surface area contributed by atoms with Crippen molar-refractivity contribution in [1.29, 1.82) is 0 Å². The molecule has 0 spiro atoms. The molecule has 0 bridgehead atoms. The van der Waals surface area contributed by atoms with Crippen molar-refractivity contribution in [3.05, 3.63) is 35.4 Å². The smallest absolute Gasteiger partial charge is 0.193 e. The number of benzene rings is 1. The van der Waals surface area contributed by atoms with Gasteiger partial charge in [-0.15, -0.1) is 0 Å². The summed E-state index contributed by atoms with van der Waals surface area (Å²) >= 11 is 0. The molecule has 102 valence electrons. The second-order valence-corrected chi connectivity index (χ2v) is 5.75. The van der Waals surface area contributed by atoms with E-state index in [4.69, 9.17) is 0 Å². The van der Waals surface area contributed by atoms with E-state index in [2.05, 4.69) is 46.4 Å². The summed E-state index contributed by atoms with van der Waals surface area (Å²) in [5.41, 5.74) is 2.92. The van der Waals surface area contributed by atoms with Crippen molar-refractivity contribution in [1.82, 2.24) is 10.2 Å². The van der Waals surface area contributed by atoms with Gasteiger partial charge < -0.3 is 10.2 Å². The van der Waals surface area contributed by atoms with Gasteiger partial charge in [-0.1, -0.05) is 24.3 Å². The molecule has 1 unspecified atom stereocenters. The van der Waals surface area contributed by atoms with E-state index < -0.39 is 0 Å². The van der Waals surface area contributed by atoms with Crippen molar-refractivity contribution < 1.29 is 0 Å². The zero-order valence-corrected chi connectivity index (χ0v) is 11.9. The van der Waals surface area contributed by atoms with Crippen LogP contribution in [0.4, 0.5) is 0 Å². The van der Waals surface area contributed by atoms with E-state index in [1.807, 2.05) is 7.05 Å². The monoisotopic (exact) mass is 257 g/mol. The van der Waals surface area contributed by atoms with Crippen LogP contribution in [0, 0.1) is 6.92 Å². The fourth-order valence-electron chi connectivity index (χ4n) is 2.96. The Bertz CT molecular complexity index is 477. The van der Waals surface area contributed by atoms with Crippen LogP contribution in [0.5, 0.6) is 0 Å². The molecule has 3 heteroatoms. The summed E-state index contributed by atoms with van der Waals surface area (Å²) < 4.78 is 0. The number of hydrogen-bond acceptors (Lipinski definition) is 1. The number of hydrogen-bond donors (Lipinski definition) is 1. The van der Waals surface area contributed by atoms with Gasteiger partial charge >= 0.3 is 0 Å². The summed E-state index contributed by atoms with van der Waals surface area (Å²) in [5.74, 6) is 1.75. The Morgan fingerprint density at radius 1 is 1.26 bits per heavy atom. The topological polar surface area (TPSA) is 27.6 Å². The zero-order valence-electron chi connectivity index (χ0n) is 11.9. The standard InChI is InChI=1S/C16H23N3/c1-12-5-3-4-6-15(12)13-9-10-19(11-13)16(17-2)18-14-7-8-14/h3-6,13-14H,7-11H2,1-2H3,(H,17,18). The minimum Gasteiger partial charge on any atom is -0.354 e. The molecule has 1 saturated carbocycles. The minimum atomic E-state index is 0.652. The first kappa shape index (κ1) is 12.5. The van der Waals surface area contributed by atoms with Crippen molar-refractivity contribution in [3.8, 4) is 0 Å². The van der Waals surface area contributed by atoms with Gasteiger partial charge in [0.1, 0.15) is 0 Å². The number of nitrogens with one attached hydrogen (secondary N) is 1. The molecule has 1 aromatic carbocycles. The largest absolute Gasteiger partial charge is 0.354 e. The van der Waals surface area contributed by atoms with Gasteiger partial charge in [-0.3, -0.25) is 4.99 Å². The number of rotatable bonds is 2. The molecule has 0 radical (unpaired) electrons. The van der Waals surface area contributed by atoms with E-state index in [1.165, 1.54) is 30.4 Å². The lowest BCUT2D eigenvalue weighted by molar-refractivity contribution is 0.485. The number of likely N-dealkylation sites (tertiary alicyclic amines) is 1. The maximum atomic E-state index is 4.43. The molecule has 1 heterocycles. The second-order valence-electron chi connectivity index (χ2n) is 5.75. The lowest BCUT2D eigenvalue weighted by Crippen LogP contribution is -2.40. The highest BCUT2D eigenvalue weighted by atomic mass is 15.3. The van der Waals surface area contributed by atoms with Crippen LogP contribution in [-0.2, 0) is 0 Å². The SMILES string of the molecule is CN=C(NC1CC1)N1CCC(c2ccccc2C)C1. The third-order valence-electron chi connectivity index (χ3n) is 4.24. The molecule has 3 rings (SSSR count). The first-order valence-corrected chi connectivity index (χ1v) is 7.31. The Morgan fingerprint density at radius 2 is 2.05 bits per heavy atom. The fourth-order valence-corrected chi connectivity index (χ4v) is 2.96. The first-order valence-electron chi connectivity index (χ1n) is 7.31. The average molecular weight is 257 g/mol. The summed E-state index contributed by atoms with van der Waals surface area (Å²) in [5, 5.41) is 3.55. The Morgan fingerprint density at radius 3 is 2.74 bits per heavy atom. The molecule has 1 saturated heterocycles. The number of aryl methyl sites for hydroxylation is 1. The van der Waals surface area contributed by atoms with Gasteiger partial charge in [0.2, 0.25) is 0 Å². The van der Waals surface area contributed by atoms with E-state index in [0.29, 0.717) is 12.0 Å². The summed E-state index contributed by atoms with van der Waals surface area (Å²) in [6, 6.07) is 9.45. The molecule has 2 aliphatic rings. The summed E-state index contributed by atoms with van der Waals surface area (Å²) in [6.07, 6.45) is 3.83. The maximum Gasteiger partial charge on any atom is 0.193 e. The molecule has 1 aliphatic heterocycles. The summed E-state index contributed by atoms with van der Waals surface area (Å²) in [7, 11) is 1.89. The van der Waals surface area contributed by atoms with Crippen molar-refractivity contribution in [2.45, 2.75) is 38.1 Å². The molecular formula is C16H23N3. The number of aliphatic imine (C=N–C) groups is 1. The quantitative estimate of drug-likeness (QED) is 0.651. The second kappa shape index (κ2) is 5.24. The Balaban J connectivity index is 1.67. The molecule has 1 aromatic rings. The lowest BCUT2D eigenvalue weighted by atomic mass is 9.94. The van der Waals surface area contributed by atoms with Gasteiger partial charge in [-0.25, -0.2) is 0 Å². The van der Waals surface area contributed by atoms with Crippen molar-refractivity contribution in [3.63, 3.8) is 0 Å². The van der Waals surface area contributed by atoms with Crippen LogP contribution in [0.3, 0.4) is 0 Å². The molecule has 1 atom stereocenters. The third-order valence-corrected chi connectivity index (χ3v) is 4.24. The van der Waals surface area contributed by atoms with Crippen molar-refractivity contribution in [2.75, 3.05) is 20.1 Å². The van der Waals surface area contributed by atoms with Gasteiger partial charge in [-0.2, -0.15) is 0 Å². The minimum absolute atomic E-state index is 0.652. The molecule has 3 nitrogen and oxygen atoms in total. The van der Waals surface area contributed by atoms with Crippen LogP contribution in [0.25, 0.3) is 0 Å². The Hall–Kier alpha value is -1.51. The van der Waals surface area contributed by atoms with Crippen LogP contribution < -0.4 is 5.32 Å².